The molecule has 1 aliphatic heterocycles. The summed E-state index contributed by atoms with van der Waals surface area (Å²) in [6, 6.07) is 6.19. The van der Waals surface area contributed by atoms with Crippen LogP contribution < -0.4 is 15.4 Å². The first-order valence-electron chi connectivity index (χ1n) is 9.21. The Morgan fingerprint density at radius 2 is 1.86 bits per heavy atom. The molecule has 1 atom stereocenters. The van der Waals surface area contributed by atoms with E-state index >= 15 is 0 Å². The van der Waals surface area contributed by atoms with Crippen molar-refractivity contribution in [3.05, 3.63) is 24.3 Å². The number of ether oxygens (including phenoxy) is 2. The Morgan fingerprint density at radius 3 is 2.50 bits per heavy atom. The summed E-state index contributed by atoms with van der Waals surface area (Å²) in [5.41, 5.74) is 0. The highest BCUT2D eigenvalue weighted by molar-refractivity contribution is 7.89. The summed E-state index contributed by atoms with van der Waals surface area (Å²) in [5.74, 6) is -0.0732. The van der Waals surface area contributed by atoms with Crippen LogP contribution in [0.25, 0.3) is 0 Å². The lowest BCUT2D eigenvalue weighted by atomic mass is 9.99. The van der Waals surface area contributed by atoms with E-state index in [1.807, 2.05) is 0 Å². The standard InChI is InChI=1S/C18H27N3O6S/c1-3-27-18(23)20-11-10-19-17(22)14-5-4-12-21(13-14)28(24,25)16-8-6-15(26-2)7-9-16/h6-9,14H,3-5,10-13H2,1-2H3,(H,19,22)(H,20,23). The van der Waals surface area contributed by atoms with E-state index < -0.39 is 22.0 Å². The van der Waals surface area contributed by atoms with Gasteiger partial charge in [0, 0.05) is 26.2 Å². The van der Waals surface area contributed by atoms with Crippen LogP contribution in [0.15, 0.2) is 29.2 Å². The molecule has 2 amide bonds. The Bertz CT molecular complexity index is 766. The zero-order chi connectivity index (χ0) is 20.6. The average Bonchev–Trinajstić information content (AvgIpc) is 2.71. The van der Waals surface area contributed by atoms with Crippen LogP contribution in [0.4, 0.5) is 4.79 Å². The van der Waals surface area contributed by atoms with Crippen molar-refractivity contribution in [1.82, 2.24) is 14.9 Å². The van der Waals surface area contributed by atoms with Crippen molar-refractivity contribution >= 4 is 22.0 Å². The van der Waals surface area contributed by atoms with Crippen LogP contribution in [0.2, 0.25) is 0 Å². The predicted octanol–water partition coefficient (Wildman–Crippen LogP) is 0.958. The summed E-state index contributed by atoms with van der Waals surface area (Å²) in [4.78, 5) is 23.7. The number of carbonyl (C=O) groups excluding carboxylic acids is 2. The normalized spacial score (nSPS) is 17.6. The number of amides is 2. The predicted molar refractivity (Wildman–Crippen MR) is 103 cm³/mol. The fourth-order valence-corrected chi connectivity index (χ4v) is 4.47. The van der Waals surface area contributed by atoms with Crippen molar-refractivity contribution < 1.29 is 27.5 Å². The van der Waals surface area contributed by atoms with E-state index in [-0.39, 0.29) is 37.0 Å². The van der Waals surface area contributed by atoms with Gasteiger partial charge in [0.1, 0.15) is 5.75 Å². The second-order valence-corrected chi connectivity index (χ2v) is 8.25. The zero-order valence-corrected chi connectivity index (χ0v) is 17.0. The van der Waals surface area contributed by atoms with Gasteiger partial charge in [-0.05, 0) is 44.0 Å². The first kappa shape index (κ1) is 22.0. The van der Waals surface area contributed by atoms with E-state index in [0.717, 1.165) is 0 Å². The van der Waals surface area contributed by atoms with Crippen LogP contribution in [-0.4, -0.2) is 64.6 Å². The zero-order valence-electron chi connectivity index (χ0n) is 16.1. The van der Waals surface area contributed by atoms with Crippen molar-refractivity contribution in [2.45, 2.75) is 24.7 Å². The molecule has 0 saturated carbocycles. The van der Waals surface area contributed by atoms with Crippen molar-refractivity contribution in [2.24, 2.45) is 5.92 Å². The summed E-state index contributed by atoms with van der Waals surface area (Å²) in [5, 5.41) is 5.24. The van der Waals surface area contributed by atoms with E-state index in [1.54, 1.807) is 19.1 Å². The fourth-order valence-electron chi connectivity index (χ4n) is 2.95. The van der Waals surface area contributed by atoms with Gasteiger partial charge in [-0.1, -0.05) is 0 Å². The van der Waals surface area contributed by atoms with Crippen LogP contribution in [0.3, 0.4) is 0 Å². The molecule has 1 aliphatic rings. The smallest absolute Gasteiger partial charge is 0.407 e. The Balaban J connectivity index is 1.89. The molecule has 2 rings (SSSR count). The highest BCUT2D eigenvalue weighted by atomic mass is 32.2. The minimum absolute atomic E-state index is 0.130. The van der Waals surface area contributed by atoms with Crippen LogP contribution in [0, 0.1) is 5.92 Å². The van der Waals surface area contributed by atoms with E-state index in [1.165, 1.54) is 23.5 Å². The van der Waals surface area contributed by atoms with Crippen molar-refractivity contribution in [2.75, 3.05) is 39.9 Å². The molecule has 0 aliphatic carbocycles. The molecule has 156 valence electrons. The topological polar surface area (TPSA) is 114 Å². The molecule has 0 aromatic heterocycles. The summed E-state index contributed by atoms with van der Waals surface area (Å²) in [7, 11) is -2.16. The van der Waals surface area contributed by atoms with Crippen molar-refractivity contribution in [1.29, 1.82) is 0 Å². The van der Waals surface area contributed by atoms with Gasteiger partial charge >= 0.3 is 6.09 Å². The number of alkyl carbamates (subject to hydrolysis) is 1. The molecule has 0 spiro atoms. The minimum atomic E-state index is -3.67. The van der Waals surface area contributed by atoms with Gasteiger partial charge in [0.25, 0.3) is 0 Å². The highest BCUT2D eigenvalue weighted by Gasteiger charge is 2.33. The Kier molecular flexibility index (Phi) is 8.06. The van der Waals surface area contributed by atoms with E-state index in [0.29, 0.717) is 25.1 Å². The van der Waals surface area contributed by atoms with Gasteiger partial charge in [0.15, 0.2) is 0 Å². The fraction of sp³-hybridized carbons (Fsp3) is 0.556. The summed E-state index contributed by atoms with van der Waals surface area (Å²) in [6.07, 6.45) is 0.687. The van der Waals surface area contributed by atoms with Crippen molar-refractivity contribution in [3.8, 4) is 5.75 Å². The monoisotopic (exact) mass is 413 g/mol. The maximum atomic E-state index is 12.8. The number of hydrogen-bond donors (Lipinski definition) is 2. The number of piperidine rings is 1. The van der Waals surface area contributed by atoms with Gasteiger partial charge in [-0.25, -0.2) is 13.2 Å². The van der Waals surface area contributed by atoms with Gasteiger partial charge in [0.2, 0.25) is 15.9 Å². The third kappa shape index (κ3) is 5.83. The summed E-state index contributed by atoms with van der Waals surface area (Å²) >= 11 is 0. The van der Waals surface area contributed by atoms with Gasteiger partial charge in [-0.15, -0.1) is 0 Å². The number of carbonyl (C=O) groups is 2. The molecule has 9 nitrogen and oxygen atoms in total. The van der Waals surface area contributed by atoms with Gasteiger partial charge in [-0.2, -0.15) is 4.31 Å². The molecular formula is C18H27N3O6S. The van der Waals surface area contributed by atoms with Gasteiger partial charge < -0.3 is 20.1 Å². The maximum absolute atomic E-state index is 12.8. The van der Waals surface area contributed by atoms with Gasteiger partial charge in [-0.3, -0.25) is 4.79 Å². The first-order valence-corrected chi connectivity index (χ1v) is 10.6. The Labute approximate surface area is 165 Å². The molecule has 0 bridgehead atoms. The third-order valence-electron chi connectivity index (χ3n) is 4.42. The van der Waals surface area contributed by atoms with Crippen LogP contribution in [-0.2, 0) is 19.6 Å². The van der Waals surface area contributed by atoms with Crippen molar-refractivity contribution in [3.63, 3.8) is 0 Å². The molecule has 1 unspecified atom stereocenters. The lowest BCUT2D eigenvalue weighted by Gasteiger charge is -2.31. The second kappa shape index (κ2) is 10.3. The van der Waals surface area contributed by atoms with E-state index in [9.17, 15) is 18.0 Å². The van der Waals surface area contributed by atoms with Gasteiger partial charge in [0.05, 0.1) is 24.5 Å². The number of benzene rings is 1. The molecule has 0 radical (unpaired) electrons. The lowest BCUT2D eigenvalue weighted by molar-refractivity contribution is -0.126. The number of hydrogen-bond acceptors (Lipinski definition) is 6. The lowest BCUT2D eigenvalue weighted by Crippen LogP contribution is -2.46. The SMILES string of the molecule is CCOC(=O)NCCNC(=O)C1CCCN(S(=O)(=O)c2ccc(OC)cc2)C1. The first-order chi connectivity index (χ1) is 13.4. The number of rotatable bonds is 8. The molecular weight excluding hydrogens is 386 g/mol. The summed E-state index contributed by atoms with van der Waals surface area (Å²) in [6.45, 7) is 2.98. The minimum Gasteiger partial charge on any atom is -0.497 e. The number of sulfonamides is 1. The van der Waals surface area contributed by atoms with E-state index in [4.69, 9.17) is 9.47 Å². The highest BCUT2D eigenvalue weighted by Crippen LogP contribution is 2.25. The molecule has 1 aromatic rings. The molecule has 1 saturated heterocycles. The Morgan fingerprint density at radius 1 is 1.18 bits per heavy atom. The third-order valence-corrected chi connectivity index (χ3v) is 6.30. The number of methoxy groups -OCH3 is 1. The van der Waals surface area contributed by atoms with Crippen LogP contribution >= 0.6 is 0 Å². The average molecular weight is 413 g/mol. The molecule has 28 heavy (non-hydrogen) atoms. The maximum Gasteiger partial charge on any atom is 0.407 e. The summed E-state index contributed by atoms with van der Waals surface area (Å²) < 4.78 is 36.8. The number of nitrogens with one attached hydrogen (secondary N) is 2. The van der Waals surface area contributed by atoms with Crippen LogP contribution in [0.5, 0.6) is 5.75 Å². The van der Waals surface area contributed by atoms with Crippen LogP contribution in [0.1, 0.15) is 19.8 Å². The Hall–Kier alpha value is -2.33. The largest absolute Gasteiger partial charge is 0.497 e. The molecule has 1 fully saturated rings. The second-order valence-electron chi connectivity index (χ2n) is 6.32. The molecule has 1 heterocycles. The molecule has 10 heteroatoms. The molecule has 1 aromatic carbocycles. The molecule has 2 N–H and O–H groups in total. The quantitative estimate of drug-likeness (QED) is 0.614. The number of nitrogens with zero attached hydrogens (tertiary/aromatic N) is 1. The van der Waals surface area contributed by atoms with E-state index in [2.05, 4.69) is 10.6 Å².